The van der Waals surface area contributed by atoms with Gasteiger partial charge in [-0.3, -0.25) is 14.3 Å². The Hall–Kier alpha value is -3.25. The van der Waals surface area contributed by atoms with Crippen LogP contribution in [0.2, 0.25) is 0 Å². The van der Waals surface area contributed by atoms with Gasteiger partial charge in [0.05, 0.1) is 16.4 Å². The average molecular weight is 456 g/mol. The van der Waals surface area contributed by atoms with Crippen LogP contribution in [0.15, 0.2) is 65.5 Å². The number of hydrogen-bond donors (Lipinski definition) is 0. The Morgan fingerprint density at radius 1 is 0.824 bits per heavy atom. The topological polar surface area (TPSA) is 54.3 Å². The molecule has 3 heterocycles. The van der Waals surface area contributed by atoms with Crippen LogP contribution in [0.25, 0.3) is 21.8 Å². The number of aromatic nitrogens is 3. The highest BCUT2D eigenvalue weighted by Crippen LogP contribution is 2.20. The molecule has 2 aromatic heterocycles. The van der Waals surface area contributed by atoms with Crippen molar-refractivity contribution in [3.05, 3.63) is 76.8 Å². The smallest absolute Gasteiger partial charge is 0.261 e. The molecule has 0 atom stereocenters. The number of fused-ring (bicyclic) bond motifs is 2. The van der Waals surface area contributed by atoms with Gasteiger partial charge in [0.15, 0.2) is 0 Å². The number of benzene rings is 2. The van der Waals surface area contributed by atoms with Crippen LogP contribution in [0.4, 0.5) is 5.82 Å². The lowest BCUT2D eigenvalue weighted by atomic mass is 10.1. The quantitative estimate of drug-likeness (QED) is 0.379. The zero-order chi connectivity index (χ0) is 23.5. The maximum atomic E-state index is 13.0. The summed E-state index contributed by atoms with van der Waals surface area (Å²) >= 11 is 0. The van der Waals surface area contributed by atoms with Crippen molar-refractivity contribution in [1.82, 2.24) is 19.4 Å². The summed E-state index contributed by atoms with van der Waals surface area (Å²) in [6.07, 6.45) is 2.97. The van der Waals surface area contributed by atoms with Crippen molar-refractivity contribution in [3.8, 4) is 0 Å². The van der Waals surface area contributed by atoms with Gasteiger partial charge in [-0.05, 0) is 63.6 Å². The highest BCUT2D eigenvalue weighted by Gasteiger charge is 2.18. The molecule has 5 rings (SSSR count). The van der Waals surface area contributed by atoms with Gasteiger partial charge < -0.3 is 4.90 Å². The average Bonchev–Trinajstić information content (AvgIpc) is 2.86. The molecule has 1 aliphatic heterocycles. The second-order valence-corrected chi connectivity index (χ2v) is 9.46. The van der Waals surface area contributed by atoms with E-state index in [1.54, 1.807) is 0 Å². The molecule has 1 aliphatic rings. The van der Waals surface area contributed by atoms with Gasteiger partial charge in [0.1, 0.15) is 11.6 Å². The number of pyridine rings is 1. The first-order chi connectivity index (χ1) is 16.6. The lowest BCUT2D eigenvalue weighted by Crippen LogP contribution is -2.46. The lowest BCUT2D eigenvalue weighted by Gasteiger charge is -2.35. The molecule has 2 aromatic carbocycles. The van der Waals surface area contributed by atoms with E-state index in [2.05, 4.69) is 54.0 Å². The number of nitrogens with zero attached hydrogens (tertiary/aromatic N) is 5. The first-order valence-electron chi connectivity index (χ1n) is 12.4. The SMILES string of the molecule is CC(C)n1c(CCCCN2CCN(c3ccc4ccccc4n3)CC2)nc2ccccc2c1=O. The van der Waals surface area contributed by atoms with E-state index in [9.17, 15) is 4.79 Å². The summed E-state index contributed by atoms with van der Waals surface area (Å²) < 4.78 is 1.87. The van der Waals surface area contributed by atoms with Crippen molar-refractivity contribution in [2.24, 2.45) is 0 Å². The van der Waals surface area contributed by atoms with E-state index in [4.69, 9.17) is 9.97 Å². The normalized spacial score (nSPS) is 15.0. The minimum atomic E-state index is 0.0778. The third-order valence-electron chi connectivity index (χ3n) is 6.80. The predicted octanol–water partition coefficient (Wildman–Crippen LogP) is 4.67. The maximum Gasteiger partial charge on any atom is 0.261 e. The zero-order valence-corrected chi connectivity index (χ0v) is 20.2. The first kappa shape index (κ1) is 22.5. The molecular weight excluding hydrogens is 422 g/mol. The summed E-state index contributed by atoms with van der Waals surface area (Å²) in [7, 11) is 0. The van der Waals surface area contributed by atoms with E-state index in [0.717, 1.165) is 74.7 Å². The molecule has 176 valence electrons. The molecule has 0 saturated carbocycles. The van der Waals surface area contributed by atoms with Crippen LogP contribution >= 0.6 is 0 Å². The molecule has 0 aliphatic carbocycles. The minimum absolute atomic E-state index is 0.0778. The summed E-state index contributed by atoms with van der Waals surface area (Å²) in [5.74, 6) is 1.98. The van der Waals surface area contributed by atoms with E-state index in [-0.39, 0.29) is 11.6 Å². The highest BCUT2D eigenvalue weighted by molar-refractivity contribution is 5.80. The summed E-state index contributed by atoms with van der Waals surface area (Å²) in [5, 5.41) is 1.90. The summed E-state index contributed by atoms with van der Waals surface area (Å²) in [4.78, 5) is 27.6. The summed E-state index contributed by atoms with van der Waals surface area (Å²) in [6, 6.07) is 20.4. The van der Waals surface area contributed by atoms with E-state index in [1.807, 2.05) is 34.9 Å². The maximum absolute atomic E-state index is 13.0. The van der Waals surface area contributed by atoms with Crippen LogP contribution in [0.3, 0.4) is 0 Å². The first-order valence-corrected chi connectivity index (χ1v) is 12.4. The Labute approximate surface area is 200 Å². The molecule has 0 radical (unpaired) electrons. The third kappa shape index (κ3) is 4.68. The Bertz CT molecular complexity index is 1340. The van der Waals surface area contributed by atoms with Gasteiger partial charge in [-0.25, -0.2) is 9.97 Å². The van der Waals surface area contributed by atoms with Crippen molar-refractivity contribution < 1.29 is 0 Å². The molecule has 0 unspecified atom stereocenters. The Kier molecular flexibility index (Phi) is 6.59. The molecule has 0 amide bonds. The Morgan fingerprint density at radius 2 is 1.56 bits per heavy atom. The standard InChI is InChI=1S/C28H33N5O/c1-21(2)33-27(30-25-12-6-4-10-23(25)28(33)34)13-7-8-16-31-17-19-32(20-18-31)26-15-14-22-9-3-5-11-24(22)29-26/h3-6,9-12,14-15,21H,7-8,13,16-20H2,1-2H3. The van der Waals surface area contributed by atoms with Crippen LogP contribution in [0.5, 0.6) is 0 Å². The molecule has 0 bridgehead atoms. The zero-order valence-electron chi connectivity index (χ0n) is 20.2. The second-order valence-electron chi connectivity index (χ2n) is 9.46. The minimum Gasteiger partial charge on any atom is -0.354 e. The third-order valence-corrected chi connectivity index (χ3v) is 6.80. The summed E-state index contributed by atoms with van der Waals surface area (Å²) in [6.45, 7) is 9.32. The molecule has 0 N–H and O–H groups in total. The molecule has 6 heteroatoms. The highest BCUT2D eigenvalue weighted by atomic mass is 16.1. The van der Waals surface area contributed by atoms with Gasteiger partial charge in [-0.2, -0.15) is 0 Å². The molecule has 6 nitrogen and oxygen atoms in total. The monoisotopic (exact) mass is 455 g/mol. The van der Waals surface area contributed by atoms with Gasteiger partial charge >= 0.3 is 0 Å². The lowest BCUT2D eigenvalue weighted by molar-refractivity contribution is 0.252. The second kappa shape index (κ2) is 9.94. The number of piperazine rings is 1. The van der Waals surface area contributed by atoms with Gasteiger partial charge in [0.2, 0.25) is 0 Å². The van der Waals surface area contributed by atoms with Crippen molar-refractivity contribution in [2.45, 2.75) is 39.2 Å². The van der Waals surface area contributed by atoms with Crippen molar-refractivity contribution >= 4 is 27.6 Å². The summed E-state index contributed by atoms with van der Waals surface area (Å²) in [5.41, 5.74) is 1.94. The molecule has 34 heavy (non-hydrogen) atoms. The van der Waals surface area contributed by atoms with Gasteiger partial charge in [0.25, 0.3) is 5.56 Å². The van der Waals surface area contributed by atoms with Crippen molar-refractivity contribution in [1.29, 1.82) is 0 Å². The van der Waals surface area contributed by atoms with Gasteiger partial charge in [-0.1, -0.05) is 30.3 Å². The molecule has 1 fully saturated rings. The Balaban J connectivity index is 1.15. The number of para-hydroxylation sites is 2. The van der Waals surface area contributed by atoms with Crippen LogP contribution < -0.4 is 10.5 Å². The number of unbranched alkanes of at least 4 members (excludes halogenated alkanes) is 1. The Morgan fingerprint density at radius 3 is 2.35 bits per heavy atom. The van der Waals surface area contributed by atoms with E-state index in [1.165, 1.54) is 5.39 Å². The van der Waals surface area contributed by atoms with E-state index >= 15 is 0 Å². The van der Waals surface area contributed by atoms with Crippen LogP contribution in [-0.2, 0) is 6.42 Å². The fraction of sp³-hybridized carbons (Fsp3) is 0.393. The fourth-order valence-electron chi connectivity index (χ4n) is 4.95. The number of anilines is 1. The van der Waals surface area contributed by atoms with E-state index in [0.29, 0.717) is 5.39 Å². The van der Waals surface area contributed by atoms with Crippen LogP contribution in [0.1, 0.15) is 38.6 Å². The van der Waals surface area contributed by atoms with Crippen molar-refractivity contribution in [3.63, 3.8) is 0 Å². The van der Waals surface area contributed by atoms with Crippen LogP contribution in [-0.4, -0.2) is 52.2 Å². The largest absolute Gasteiger partial charge is 0.354 e. The molecule has 0 spiro atoms. The van der Waals surface area contributed by atoms with Crippen molar-refractivity contribution in [2.75, 3.05) is 37.6 Å². The van der Waals surface area contributed by atoms with Crippen LogP contribution in [0, 0.1) is 0 Å². The predicted molar refractivity (Wildman–Crippen MR) is 140 cm³/mol. The van der Waals surface area contributed by atoms with Gasteiger partial charge in [-0.15, -0.1) is 0 Å². The molecule has 4 aromatic rings. The number of rotatable bonds is 7. The molecular formula is C28H33N5O. The fourth-order valence-corrected chi connectivity index (χ4v) is 4.95. The molecule has 1 saturated heterocycles. The van der Waals surface area contributed by atoms with E-state index < -0.39 is 0 Å². The number of aryl methyl sites for hydroxylation is 1. The number of hydrogen-bond acceptors (Lipinski definition) is 5. The van der Waals surface area contributed by atoms with Gasteiger partial charge in [0, 0.05) is 44.0 Å².